The molecule has 0 aliphatic carbocycles. The molecule has 0 spiro atoms. The lowest BCUT2D eigenvalue weighted by molar-refractivity contribution is -0.141. The Balaban J connectivity index is 1.46. The zero-order valence-corrected chi connectivity index (χ0v) is 16.9. The Bertz CT molecular complexity index is 859. The van der Waals surface area contributed by atoms with E-state index in [1.165, 1.54) is 25.1 Å². The minimum atomic E-state index is -4.45. The molecule has 2 saturated heterocycles. The van der Waals surface area contributed by atoms with E-state index in [1.54, 1.807) is 24.3 Å². The van der Waals surface area contributed by atoms with Crippen molar-refractivity contribution < 1.29 is 18.0 Å². The first kappa shape index (κ1) is 20.8. The highest BCUT2D eigenvalue weighted by Gasteiger charge is 2.32. The highest BCUT2D eigenvalue weighted by molar-refractivity contribution is 5.95. The molecule has 2 fully saturated rings. The zero-order chi connectivity index (χ0) is 21.1. The number of alkyl halides is 3. The Kier molecular flexibility index (Phi) is 6.09. The molecule has 0 N–H and O–H groups in total. The van der Waals surface area contributed by atoms with Gasteiger partial charge in [-0.1, -0.05) is 18.2 Å². The number of carbonyl (C=O) groups is 1. The molecule has 2 aromatic rings. The molecule has 7 heteroatoms. The first-order valence-corrected chi connectivity index (χ1v) is 10.6. The number of hydrogen-bond donors (Lipinski definition) is 0. The maximum atomic E-state index is 13.2. The summed E-state index contributed by atoms with van der Waals surface area (Å²) in [7, 11) is 0. The van der Waals surface area contributed by atoms with Gasteiger partial charge in [0.2, 0.25) is 0 Å². The van der Waals surface area contributed by atoms with Gasteiger partial charge in [0.15, 0.2) is 0 Å². The highest BCUT2D eigenvalue weighted by Crippen LogP contribution is 2.29. The smallest absolute Gasteiger partial charge is 0.334 e. The van der Waals surface area contributed by atoms with Crippen molar-refractivity contribution in [3.8, 4) is 11.1 Å². The fourth-order valence-corrected chi connectivity index (χ4v) is 4.42. The van der Waals surface area contributed by atoms with E-state index in [4.69, 9.17) is 0 Å². The quantitative estimate of drug-likeness (QED) is 0.713. The molecular formula is C23H26F3N3O. The van der Waals surface area contributed by atoms with Crippen molar-refractivity contribution in [3.05, 3.63) is 53.9 Å². The molecule has 30 heavy (non-hydrogen) atoms. The van der Waals surface area contributed by atoms with Crippen molar-refractivity contribution in [2.75, 3.05) is 26.2 Å². The number of hydrogen-bond acceptors (Lipinski definition) is 3. The lowest BCUT2D eigenvalue weighted by atomic mass is 9.99. The number of nitrogens with zero attached hydrogens (tertiary/aromatic N) is 3. The van der Waals surface area contributed by atoms with Crippen molar-refractivity contribution in [1.82, 2.24) is 14.8 Å². The Morgan fingerprint density at radius 3 is 2.23 bits per heavy atom. The number of amides is 1. The van der Waals surface area contributed by atoms with E-state index in [-0.39, 0.29) is 11.9 Å². The molecule has 4 rings (SSSR count). The molecular weight excluding hydrogens is 391 g/mol. The fraction of sp³-hybridized carbons (Fsp3) is 0.478. The number of piperidine rings is 1. The van der Waals surface area contributed by atoms with Crippen LogP contribution in [0.2, 0.25) is 0 Å². The van der Waals surface area contributed by atoms with E-state index in [0.29, 0.717) is 11.1 Å². The Morgan fingerprint density at radius 1 is 0.933 bits per heavy atom. The molecule has 1 aromatic heterocycles. The molecule has 3 heterocycles. The Labute approximate surface area is 174 Å². The average molecular weight is 417 g/mol. The van der Waals surface area contributed by atoms with Crippen LogP contribution in [0.5, 0.6) is 0 Å². The summed E-state index contributed by atoms with van der Waals surface area (Å²) in [4.78, 5) is 21.1. The summed E-state index contributed by atoms with van der Waals surface area (Å²) >= 11 is 0. The van der Waals surface area contributed by atoms with Gasteiger partial charge in [-0.2, -0.15) is 13.2 Å². The van der Waals surface area contributed by atoms with Gasteiger partial charge in [-0.15, -0.1) is 0 Å². The lowest BCUT2D eigenvalue weighted by Crippen LogP contribution is -2.49. The van der Waals surface area contributed by atoms with Gasteiger partial charge in [-0.25, -0.2) is 0 Å². The van der Waals surface area contributed by atoms with Gasteiger partial charge >= 0.3 is 6.18 Å². The highest BCUT2D eigenvalue weighted by atomic mass is 19.4. The number of carbonyl (C=O) groups excluding carboxylic acids is 1. The molecule has 0 bridgehead atoms. The molecule has 1 aromatic carbocycles. The predicted octanol–water partition coefficient (Wildman–Crippen LogP) is 4.86. The third kappa shape index (κ3) is 4.67. The van der Waals surface area contributed by atoms with Crippen LogP contribution in [0.25, 0.3) is 11.1 Å². The molecule has 2 aliphatic heterocycles. The summed E-state index contributed by atoms with van der Waals surface area (Å²) in [5.41, 5.74) is 1.03. The fourth-order valence-electron chi connectivity index (χ4n) is 4.42. The molecule has 1 amide bonds. The molecule has 160 valence electrons. The van der Waals surface area contributed by atoms with E-state index < -0.39 is 11.9 Å². The van der Waals surface area contributed by atoms with Gasteiger partial charge in [0.25, 0.3) is 5.91 Å². The summed E-state index contributed by atoms with van der Waals surface area (Å²) in [5, 5.41) is 0. The van der Waals surface area contributed by atoms with Crippen LogP contribution in [0.1, 0.15) is 48.2 Å². The van der Waals surface area contributed by atoms with Gasteiger partial charge in [0.1, 0.15) is 5.69 Å². The van der Waals surface area contributed by atoms with Crippen molar-refractivity contribution in [2.45, 2.75) is 44.3 Å². The third-order valence-corrected chi connectivity index (χ3v) is 6.07. The largest absolute Gasteiger partial charge is 0.433 e. The second kappa shape index (κ2) is 8.76. The van der Waals surface area contributed by atoms with Crippen LogP contribution >= 0.6 is 0 Å². The van der Waals surface area contributed by atoms with E-state index in [1.807, 2.05) is 4.90 Å². The Morgan fingerprint density at radius 2 is 1.60 bits per heavy atom. The number of benzene rings is 1. The van der Waals surface area contributed by atoms with Crippen molar-refractivity contribution in [1.29, 1.82) is 0 Å². The summed E-state index contributed by atoms with van der Waals surface area (Å²) in [5.74, 6) is 0.0380. The van der Waals surface area contributed by atoms with Crippen LogP contribution in [-0.2, 0) is 6.18 Å². The Hall–Kier alpha value is -2.41. The second-order valence-electron chi connectivity index (χ2n) is 8.16. The molecule has 4 nitrogen and oxygen atoms in total. The van der Waals surface area contributed by atoms with E-state index >= 15 is 0 Å². The van der Waals surface area contributed by atoms with E-state index in [2.05, 4.69) is 9.88 Å². The number of likely N-dealkylation sites (tertiary alicyclic amines) is 2. The zero-order valence-electron chi connectivity index (χ0n) is 16.9. The van der Waals surface area contributed by atoms with Gasteiger partial charge in [-0.05, 0) is 69.0 Å². The third-order valence-electron chi connectivity index (χ3n) is 6.07. The van der Waals surface area contributed by atoms with Crippen molar-refractivity contribution in [2.24, 2.45) is 0 Å². The maximum Gasteiger partial charge on any atom is 0.433 e. The van der Waals surface area contributed by atoms with Crippen LogP contribution in [0.4, 0.5) is 13.2 Å². The SMILES string of the molecule is O=C(c1ccc(-c2ccc(C(F)(F)F)nc2)cc1)N1CCCCC1CN1CCCC1. The van der Waals surface area contributed by atoms with Gasteiger partial charge in [-0.3, -0.25) is 9.78 Å². The monoisotopic (exact) mass is 417 g/mol. The molecule has 1 atom stereocenters. The number of aromatic nitrogens is 1. The van der Waals surface area contributed by atoms with Crippen molar-refractivity contribution in [3.63, 3.8) is 0 Å². The van der Waals surface area contributed by atoms with Gasteiger partial charge < -0.3 is 9.80 Å². The predicted molar refractivity (Wildman–Crippen MR) is 109 cm³/mol. The number of halogens is 3. The second-order valence-corrected chi connectivity index (χ2v) is 8.16. The van der Waals surface area contributed by atoms with Gasteiger partial charge in [0, 0.05) is 36.5 Å². The summed E-state index contributed by atoms with van der Waals surface area (Å²) in [6, 6.07) is 9.71. The van der Waals surface area contributed by atoms with Gasteiger partial charge in [0.05, 0.1) is 0 Å². The van der Waals surface area contributed by atoms with Crippen LogP contribution in [0, 0.1) is 0 Å². The van der Waals surface area contributed by atoms with E-state index in [0.717, 1.165) is 57.1 Å². The molecule has 0 saturated carbocycles. The molecule has 2 aliphatic rings. The molecule has 0 radical (unpaired) electrons. The summed E-state index contributed by atoms with van der Waals surface area (Å²) in [6.45, 7) is 3.96. The molecule has 1 unspecified atom stereocenters. The average Bonchev–Trinajstić information content (AvgIpc) is 3.26. The van der Waals surface area contributed by atoms with E-state index in [9.17, 15) is 18.0 Å². The maximum absolute atomic E-state index is 13.2. The van der Waals surface area contributed by atoms with Crippen LogP contribution in [0.3, 0.4) is 0 Å². The number of rotatable bonds is 4. The van der Waals surface area contributed by atoms with Crippen LogP contribution < -0.4 is 0 Å². The summed E-state index contributed by atoms with van der Waals surface area (Å²) in [6.07, 6.45) is 2.46. The van der Waals surface area contributed by atoms with Crippen LogP contribution in [0.15, 0.2) is 42.6 Å². The summed E-state index contributed by atoms with van der Waals surface area (Å²) < 4.78 is 38.1. The lowest BCUT2D eigenvalue weighted by Gasteiger charge is -2.38. The van der Waals surface area contributed by atoms with Crippen LogP contribution in [-0.4, -0.2) is 52.9 Å². The first-order chi connectivity index (χ1) is 14.4. The first-order valence-electron chi connectivity index (χ1n) is 10.6. The van der Waals surface area contributed by atoms with Crippen molar-refractivity contribution >= 4 is 5.91 Å². The minimum absolute atomic E-state index is 0.0380. The minimum Gasteiger partial charge on any atom is -0.334 e. The normalized spacial score (nSPS) is 20.5. The standard InChI is InChI=1S/C23H26F3N3O/c24-23(25,26)21-11-10-19(15-27-21)17-6-8-18(9-7-17)22(30)29-14-2-1-5-20(29)16-28-12-3-4-13-28/h6-11,15,20H,1-5,12-14,16H2. The number of pyridine rings is 1. The topological polar surface area (TPSA) is 36.4 Å².